The van der Waals surface area contributed by atoms with Crippen molar-refractivity contribution in [3.05, 3.63) is 28.8 Å². The highest BCUT2D eigenvalue weighted by molar-refractivity contribution is 6.33. The van der Waals surface area contributed by atoms with E-state index in [9.17, 15) is 0 Å². The molecule has 0 radical (unpaired) electrons. The Bertz CT molecular complexity index is 339. The van der Waals surface area contributed by atoms with Crippen molar-refractivity contribution in [3.63, 3.8) is 0 Å². The van der Waals surface area contributed by atoms with Gasteiger partial charge in [0.1, 0.15) is 0 Å². The number of hydrogen-bond acceptors (Lipinski definition) is 2. The summed E-state index contributed by atoms with van der Waals surface area (Å²) in [6.07, 6.45) is 2.44. The third kappa shape index (κ3) is 3.69. The minimum absolute atomic E-state index is 0.599. The monoisotopic (exact) mass is 240 g/mol. The van der Waals surface area contributed by atoms with Gasteiger partial charge in [0.15, 0.2) is 0 Å². The number of nitrogens with two attached hydrogens (primary N) is 1. The van der Waals surface area contributed by atoms with Gasteiger partial charge in [-0.3, -0.25) is 4.90 Å². The van der Waals surface area contributed by atoms with E-state index in [4.69, 9.17) is 17.3 Å². The fourth-order valence-electron chi connectivity index (χ4n) is 1.77. The summed E-state index contributed by atoms with van der Waals surface area (Å²) >= 11 is 5.89. The maximum Gasteiger partial charge on any atom is 0.0635 e. The zero-order chi connectivity index (χ0) is 12.1. The minimum Gasteiger partial charge on any atom is -0.398 e. The highest BCUT2D eigenvalue weighted by atomic mass is 35.5. The van der Waals surface area contributed by atoms with Crippen LogP contribution in [0.3, 0.4) is 0 Å². The molecule has 0 bridgehead atoms. The molecule has 2 nitrogen and oxygen atoms in total. The molecule has 0 aliphatic heterocycles. The second-order valence-corrected chi connectivity index (χ2v) is 4.82. The summed E-state index contributed by atoms with van der Waals surface area (Å²) in [4.78, 5) is 2.34. The number of hydrogen-bond donors (Lipinski definition) is 1. The van der Waals surface area contributed by atoms with Gasteiger partial charge in [0.05, 0.1) is 10.7 Å². The first-order valence-corrected chi connectivity index (χ1v) is 6.16. The third-order valence-electron chi connectivity index (χ3n) is 2.95. The molecule has 90 valence electrons. The Labute approximate surface area is 103 Å². The SMILES string of the molecule is CCCC(C)N(C)Cc1ccc(Cl)c(N)c1. The van der Waals surface area contributed by atoms with Crippen molar-refractivity contribution in [2.24, 2.45) is 0 Å². The normalized spacial score (nSPS) is 13.1. The van der Waals surface area contributed by atoms with Crippen molar-refractivity contribution < 1.29 is 0 Å². The summed E-state index contributed by atoms with van der Waals surface area (Å²) in [6, 6.07) is 6.46. The molecule has 1 atom stereocenters. The van der Waals surface area contributed by atoms with Gasteiger partial charge < -0.3 is 5.73 Å². The Morgan fingerprint density at radius 3 is 2.69 bits per heavy atom. The van der Waals surface area contributed by atoms with Crippen molar-refractivity contribution in [1.29, 1.82) is 0 Å². The van der Waals surface area contributed by atoms with E-state index in [-0.39, 0.29) is 0 Å². The van der Waals surface area contributed by atoms with Gasteiger partial charge >= 0.3 is 0 Å². The predicted octanol–water partition coefficient (Wildman–Crippen LogP) is 3.54. The summed E-state index contributed by atoms with van der Waals surface area (Å²) in [7, 11) is 2.14. The van der Waals surface area contributed by atoms with Crippen LogP contribution in [0.5, 0.6) is 0 Å². The zero-order valence-corrected chi connectivity index (χ0v) is 11.1. The number of nitrogens with zero attached hydrogens (tertiary/aromatic N) is 1. The second kappa shape index (κ2) is 6.12. The summed E-state index contributed by atoms with van der Waals surface area (Å²) < 4.78 is 0. The lowest BCUT2D eigenvalue weighted by atomic mass is 10.1. The first-order valence-electron chi connectivity index (χ1n) is 5.78. The number of anilines is 1. The second-order valence-electron chi connectivity index (χ2n) is 4.41. The van der Waals surface area contributed by atoms with Crippen LogP contribution in [-0.2, 0) is 6.54 Å². The molecule has 16 heavy (non-hydrogen) atoms. The van der Waals surface area contributed by atoms with Gasteiger partial charge in [-0.05, 0) is 38.1 Å². The molecule has 1 aromatic carbocycles. The molecule has 3 heteroatoms. The molecule has 1 aromatic rings. The summed E-state index contributed by atoms with van der Waals surface area (Å²) in [5, 5.41) is 0.632. The quantitative estimate of drug-likeness (QED) is 0.798. The molecule has 1 unspecified atom stereocenters. The largest absolute Gasteiger partial charge is 0.398 e. The Morgan fingerprint density at radius 1 is 1.44 bits per heavy atom. The molecule has 0 heterocycles. The maximum absolute atomic E-state index is 5.89. The molecule has 0 saturated carbocycles. The van der Waals surface area contributed by atoms with Gasteiger partial charge in [-0.25, -0.2) is 0 Å². The van der Waals surface area contributed by atoms with Crippen LogP contribution < -0.4 is 5.73 Å². The van der Waals surface area contributed by atoms with Crippen molar-refractivity contribution in [3.8, 4) is 0 Å². The molecule has 0 fully saturated rings. The minimum atomic E-state index is 0.599. The average molecular weight is 241 g/mol. The molecule has 0 aliphatic carbocycles. The number of rotatable bonds is 5. The van der Waals surface area contributed by atoms with Crippen LogP contribution in [0.2, 0.25) is 5.02 Å². The topological polar surface area (TPSA) is 29.3 Å². The van der Waals surface area contributed by atoms with Crippen LogP contribution >= 0.6 is 11.6 Å². The van der Waals surface area contributed by atoms with Crippen LogP contribution in [0.1, 0.15) is 32.3 Å². The molecule has 0 saturated heterocycles. The fraction of sp³-hybridized carbons (Fsp3) is 0.538. The maximum atomic E-state index is 5.89. The van der Waals surface area contributed by atoms with Crippen LogP contribution in [0, 0.1) is 0 Å². The lowest BCUT2D eigenvalue weighted by molar-refractivity contribution is 0.237. The molecule has 0 aromatic heterocycles. The number of halogens is 1. The molecular weight excluding hydrogens is 220 g/mol. The number of nitrogen functional groups attached to an aromatic ring is 1. The lowest BCUT2D eigenvalue weighted by Gasteiger charge is -2.24. The first-order chi connectivity index (χ1) is 7.54. The van der Waals surface area contributed by atoms with Gasteiger partial charge in [0.25, 0.3) is 0 Å². The van der Waals surface area contributed by atoms with E-state index in [2.05, 4.69) is 25.8 Å². The van der Waals surface area contributed by atoms with Crippen LogP contribution in [0.15, 0.2) is 18.2 Å². The Hall–Kier alpha value is -0.730. The van der Waals surface area contributed by atoms with E-state index in [0.717, 1.165) is 6.54 Å². The zero-order valence-electron chi connectivity index (χ0n) is 10.3. The van der Waals surface area contributed by atoms with Crippen molar-refractivity contribution >= 4 is 17.3 Å². The van der Waals surface area contributed by atoms with Gasteiger partial charge in [0, 0.05) is 12.6 Å². The van der Waals surface area contributed by atoms with E-state index in [1.165, 1.54) is 18.4 Å². The summed E-state index contributed by atoms with van der Waals surface area (Å²) in [5.41, 5.74) is 7.66. The van der Waals surface area contributed by atoms with Crippen molar-refractivity contribution in [1.82, 2.24) is 4.90 Å². The Morgan fingerprint density at radius 2 is 2.12 bits per heavy atom. The van der Waals surface area contributed by atoms with E-state index < -0.39 is 0 Å². The van der Waals surface area contributed by atoms with Crippen LogP contribution in [0.4, 0.5) is 5.69 Å². The molecule has 2 N–H and O–H groups in total. The standard InChI is InChI=1S/C13H21ClN2/c1-4-5-10(2)16(3)9-11-6-7-12(14)13(15)8-11/h6-8,10H,4-5,9,15H2,1-3H3. The smallest absolute Gasteiger partial charge is 0.0635 e. The van der Waals surface area contributed by atoms with E-state index in [1.54, 1.807) is 0 Å². The summed E-state index contributed by atoms with van der Waals surface area (Å²) in [6.45, 7) is 5.38. The van der Waals surface area contributed by atoms with Gasteiger partial charge in [-0.1, -0.05) is 31.0 Å². The van der Waals surface area contributed by atoms with Gasteiger partial charge in [0.2, 0.25) is 0 Å². The highest BCUT2D eigenvalue weighted by Gasteiger charge is 2.09. The lowest BCUT2D eigenvalue weighted by Crippen LogP contribution is -2.28. The molecule has 0 aliphatic rings. The Kier molecular flexibility index (Phi) is 5.10. The fourth-order valence-corrected chi connectivity index (χ4v) is 1.89. The molecule has 1 rings (SSSR count). The van der Waals surface area contributed by atoms with E-state index >= 15 is 0 Å². The molecular formula is C13H21ClN2. The van der Waals surface area contributed by atoms with Gasteiger partial charge in [-0.2, -0.15) is 0 Å². The van der Waals surface area contributed by atoms with Crippen LogP contribution in [0.25, 0.3) is 0 Å². The first kappa shape index (κ1) is 13.3. The van der Waals surface area contributed by atoms with Crippen molar-refractivity contribution in [2.75, 3.05) is 12.8 Å². The predicted molar refractivity (Wildman–Crippen MR) is 71.7 cm³/mol. The number of benzene rings is 1. The Balaban J connectivity index is 2.62. The van der Waals surface area contributed by atoms with Crippen LogP contribution in [-0.4, -0.2) is 18.0 Å². The third-order valence-corrected chi connectivity index (χ3v) is 3.30. The molecule has 0 spiro atoms. The molecule has 0 amide bonds. The van der Waals surface area contributed by atoms with E-state index in [1.807, 2.05) is 18.2 Å². The highest BCUT2D eigenvalue weighted by Crippen LogP contribution is 2.20. The van der Waals surface area contributed by atoms with Gasteiger partial charge in [-0.15, -0.1) is 0 Å². The van der Waals surface area contributed by atoms with Crippen molar-refractivity contribution in [2.45, 2.75) is 39.3 Å². The van der Waals surface area contributed by atoms with E-state index in [0.29, 0.717) is 16.8 Å². The average Bonchev–Trinajstić information content (AvgIpc) is 2.24. The summed E-state index contributed by atoms with van der Waals surface area (Å²) in [5.74, 6) is 0.